The van der Waals surface area contributed by atoms with Crippen molar-refractivity contribution in [2.75, 3.05) is 5.32 Å². The molecule has 0 saturated heterocycles. The molecule has 0 spiro atoms. The maximum Gasteiger partial charge on any atom is 0.224 e. The van der Waals surface area contributed by atoms with Gasteiger partial charge in [0.1, 0.15) is 5.82 Å². The summed E-state index contributed by atoms with van der Waals surface area (Å²) in [6, 6.07) is 6.62. The van der Waals surface area contributed by atoms with Gasteiger partial charge in [-0.2, -0.15) is 5.10 Å². The van der Waals surface area contributed by atoms with Crippen LogP contribution in [0.1, 0.15) is 30.3 Å². The van der Waals surface area contributed by atoms with E-state index in [9.17, 15) is 9.18 Å². The Morgan fingerprint density at radius 3 is 2.70 bits per heavy atom. The molecule has 0 saturated carbocycles. The number of amides is 1. The lowest BCUT2D eigenvalue weighted by Gasteiger charge is -2.07. The molecule has 0 atom stereocenters. The molecule has 0 aliphatic carbocycles. The lowest BCUT2D eigenvalue weighted by Crippen LogP contribution is -2.11. The van der Waals surface area contributed by atoms with Crippen molar-refractivity contribution in [1.82, 2.24) is 9.78 Å². The molecule has 2 aromatic rings. The summed E-state index contributed by atoms with van der Waals surface area (Å²) < 4.78 is 15.4. The van der Waals surface area contributed by atoms with Crippen LogP contribution < -0.4 is 5.32 Å². The van der Waals surface area contributed by atoms with Crippen molar-refractivity contribution in [1.29, 1.82) is 0 Å². The summed E-state index contributed by atoms with van der Waals surface area (Å²) in [7, 11) is 0. The zero-order valence-corrected chi connectivity index (χ0v) is 11.9. The number of carbonyl (C=O) groups is 1. The van der Waals surface area contributed by atoms with Crippen molar-refractivity contribution in [3.05, 3.63) is 47.0 Å². The SMILES string of the molecule is CCC(=O)Nc1c(C)nn(Cc2ccccc2F)c1C. The maximum absolute atomic E-state index is 13.7. The number of aryl methyl sites for hydroxylation is 1. The number of carbonyl (C=O) groups excluding carboxylic acids is 1. The van der Waals surface area contributed by atoms with Crippen LogP contribution in [0.5, 0.6) is 0 Å². The van der Waals surface area contributed by atoms with Gasteiger partial charge >= 0.3 is 0 Å². The van der Waals surface area contributed by atoms with Crippen molar-refractivity contribution in [3.63, 3.8) is 0 Å². The standard InChI is InChI=1S/C15H18FN3O/c1-4-14(20)17-15-10(2)18-19(11(15)3)9-12-7-5-6-8-13(12)16/h5-8H,4,9H2,1-3H3,(H,17,20). The second kappa shape index (κ2) is 5.86. The monoisotopic (exact) mass is 275 g/mol. The van der Waals surface area contributed by atoms with E-state index < -0.39 is 0 Å². The van der Waals surface area contributed by atoms with Crippen molar-refractivity contribution < 1.29 is 9.18 Å². The first-order valence-electron chi connectivity index (χ1n) is 6.60. The molecule has 20 heavy (non-hydrogen) atoms. The van der Waals surface area contributed by atoms with E-state index in [1.165, 1.54) is 6.07 Å². The molecule has 1 heterocycles. The second-order valence-corrected chi connectivity index (χ2v) is 4.70. The largest absolute Gasteiger partial charge is 0.323 e. The van der Waals surface area contributed by atoms with Crippen molar-refractivity contribution in [2.45, 2.75) is 33.7 Å². The van der Waals surface area contributed by atoms with Gasteiger partial charge < -0.3 is 5.32 Å². The Bertz CT molecular complexity index is 634. The predicted molar refractivity (Wildman–Crippen MR) is 76.1 cm³/mol. The summed E-state index contributed by atoms with van der Waals surface area (Å²) in [5.41, 5.74) is 2.85. The Morgan fingerprint density at radius 2 is 2.05 bits per heavy atom. The van der Waals surface area contributed by atoms with Crippen LogP contribution in [0.25, 0.3) is 0 Å². The quantitative estimate of drug-likeness (QED) is 0.932. The van der Waals surface area contributed by atoms with Crippen molar-refractivity contribution in [3.8, 4) is 0 Å². The van der Waals surface area contributed by atoms with Gasteiger partial charge in [-0.1, -0.05) is 25.1 Å². The highest BCUT2D eigenvalue weighted by atomic mass is 19.1. The topological polar surface area (TPSA) is 46.9 Å². The van der Waals surface area contributed by atoms with E-state index in [1.54, 1.807) is 29.8 Å². The van der Waals surface area contributed by atoms with Crippen LogP contribution >= 0.6 is 0 Å². The Balaban J connectivity index is 2.28. The first kappa shape index (κ1) is 14.2. The van der Waals surface area contributed by atoms with Crippen LogP contribution in [-0.4, -0.2) is 15.7 Å². The van der Waals surface area contributed by atoms with E-state index >= 15 is 0 Å². The molecule has 5 heteroatoms. The summed E-state index contributed by atoms with van der Waals surface area (Å²) >= 11 is 0. The fraction of sp³-hybridized carbons (Fsp3) is 0.333. The number of hydrogen-bond donors (Lipinski definition) is 1. The Labute approximate surface area is 117 Å². The van der Waals surface area contributed by atoms with Crippen LogP contribution in [0.15, 0.2) is 24.3 Å². The van der Waals surface area contributed by atoms with Gasteiger partial charge in [-0.15, -0.1) is 0 Å². The maximum atomic E-state index is 13.7. The highest BCUT2D eigenvalue weighted by Crippen LogP contribution is 2.21. The molecule has 4 nitrogen and oxygen atoms in total. The minimum Gasteiger partial charge on any atom is -0.323 e. The summed E-state index contributed by atoms with van der Waals surface area (Å²) in [5, 5.41) is 7.20. The Kier molecular flexibility index (Phi) is 4.17. The molecular weight excluding hydrogens is 257 g/mol. The molecule has 0 bridgehead atoms. The van der Waals surface area contributed by atoms with Gasteiger partial charge in [0.05, 0.1) is 23.6 Å². The van der Waals surface area contributed by atoms with Gasteiger partial charge in [-0.3, -0.25) is 9.48 Å². The van der Waals surface area contributed by atoms with Crippen molar-refractivity contribution in [2.24, 2.45) is 0 Å². The van der Waals surface area contributed by atoms with Gasteiger partial charge in [-0.25, -0.2) is 4.39 Å². The Hall–Kier alpha value is -2.17. The molecule has 106 valence electrons. The second-order valence-electron chi connectivity index (χ2n) is 4.70. The van der Waals surface area contributed by atoms with E-state index in [0.717, 1.165) is 11.4 Å². The predicted octanol–water partition coefficient (Wildman–Crippen LogP) is 3.04. The number of hydrogen-bond acceptors (Lipinski definition) is 2. The minimum absolute atomic E-state index is 0.0540. The molecule has 0 fully saturated rings. The van der Waals surface area contributed by atoms with Crippen LogP contribution in [0.4, 0.5) is 10.1 Å². The molecule has 0 unspecified atom stereocenters. The molecule has 0 radical (unpaired) electrons. The highest BCUT2D eigenvalue weighted by molar-refractivity contribution is 5.91. The normalized spacial score (nSPS) is 10.6. The third kappa shape index (κ3) is 2.87. The Morgan fingerprint density at radius 1 is 1.35 bits per heavy atom. The molecule has 0 aliphatic heterocycles. The van der Waals surface area contributed by atoms with Gasteiger partial charge in [0.25, 0.3) is 0 Å². The number of rotatable bonds is 4. The molecule has 1 aromatic heterocycles. The molecule has 1 amide bonds. The molecule has 1 N–H and O–H groups in total. The minimum atomic E-state index is -0.251. The number of halogens is 1. The van der Waals surface area contributed by atoms with E-state index in [-0.39, 0.29) is 11.7 Å². The smallest absolute Gasteiger partial charge is 0.224 e. The van der Waals surface area contributed by atoms with E-state index in [2.05, 4.69) is 10.4 Å². The van der Waals surface area contributed by atoms with Gasteiger partial charge in [0.2, 0.25) is 5.91 Å². The van der Waals surface area contributed by atoms with E-state index in [1.807, 2.05) is 13.8 Å². The first-order chi connectivity index (χ1) is 9.52. The van der Waals surface area contributed by atoms with Gasteiger partial charge in [0.15, 0.2) is 0 Å². The zero-order valence-electron chi connectivity index (χ0n) is 11.9. The fourth-order valence-corrected chi connectivity index (χ4v) is 2.05. The van der Waals surface area contributed by atoms with Crippen LogP contribution in [0.2, 0.25) is 0 Å². The summed E-state index contributed by atoms with van der Waals surface area (Å²) in [4.78, 5) is 11.5. The zero-order chi connectivity index (χ0) is 14.7. The molecule has 1 aromatic carbocycles. The number of anilines is 1. The van der Waals surface area contributed by atoms with Gasteiger partial charge in [-0.05, 0) is 19.9 Å². The number of aromatic nitrogens is 2. The summed E-state index contributed by atoms with van der Waals surface area (Å²) in [6.07, 6.45) is 0.414. The highest BCUT2D eigenvalue weighted by Gasteiger charge is 2.14. The molecule has 0 aliphatic rings. The van der Waals surface area contributed by atoms with Crippen molar-refractivity contribution >= 4 is 11.6 Å². The third-order valence-corrected chi connectivity index (χ3v) is 3.24. The number of nitrogens with one attached hydrogen (secondary N) is 1. The number of nitrogens with zero attached hydrogens (tertiary/aromatic N) is 2. The van der Waals surface area contributed by atoms with Crippen LogP contribution in [-0.2, 0) is 11.3 Å². The number of benzene rings is 1. The average molecular weight is 275 g/mol. The van der Waals surface area contributed by atoms with Gasteiger partial charge in [0, 0.05) is 12.0 Å². The fourth-order valence-electron chi connectivity index (χ4n) is 2.05. The lowest BCUT2D eigenvalue weighted by atomic mass is 10.2. The van der Waals surface area contributed by atoms with E-state index in [4.69, 9.17) is 0 Å². The third-order valence-electron chi connectivity index (χ3n) is 3.24. The molecular formula is C15H18FN3O. The molecule has 2 rings (SSSR count). The summed E-state index contributed by atoms with van der Waals surface area (Å²) in [5.74, 6) is -0.305. The van der Waals surface area contributed by atoms with Crippen LogP contribution in [0.3, 0.4) is 0 Å². The average Bonchev–Trinajstić information content (AvgIpc) is 2.69. The van der Waals surface area contributed by atoms with Crippen LogP contribution in [0, 0.1) is 19.7 Å². The first-order valence-corrected chi connectivity index (χ1v) is 6.60. The lowest BCUT2D eigenvalue weighted by molar-refractivity contribution is -0.115. The van der Waals surface area contributed by atoms with E-state index in [0.29, 0.717) is 24.2 Å². The summed E-state index contributed by atoms with van der Waals surface area (Å²) in [6.45, 7) is 5.84.